The number of phenolic OH excluding ortho intramolecular Hbond substituents is 1. The molecule has 2 atom stereocenters. The van der Waals surface area contributed by atoms with E-state index in [9.17, 15) is 28.3 Å². The standard InChI is InChI=1S/C20H16F3N3O3/c21-20(22,23)19(28)25-14-5-3-7-26-17-11(10-24)8-12(27)9-16(17)29-15-6-2-1-4-13(15)18(14)26/h1-2,4,6,8-9,14,18,27H,3,5,7H2,(H,25,28)/t14-,18?/m0/s1. The molecule has 1 saturated heterocycles. The smallest absolute Gasteiger partial charge is 0.471 e. The van der Waals surface area contributed by atoms with Crippen LogP contribution in [0.4, 0.5) is 18.9 Å². The van der Waals surface area contributed by atoms with E-state index in [4.69, 9.17) is 4.74 Å². The van der Waals surface area contributed by atoms with Gasteiger partial charge in [-0.05, 0) is 18.9 Å². The lowest BCUT2D eigenvalue weighted by atomic mass is 9.89. The van der Waals surface area contributed by atoms with Crippen LogP contribution in [0.1, 0.15) is 30.0 Å². The van der Waals surface area contributed by atoms with Gasteiger partial charge in [0.1, 0.15) is 17.6 Å². The molecule has 0 aromatic heterocycles. The van der Waals surface area contributed by atoms with Gasteiger partial charge in [-0.25, -0.2) is 0 Å². The third-order valence-corrected chi connectivity index (χ3v) is 5.13. The molecule has 150 valence electrons. The molecule has 2 aromatic carbocycles. The Hall–Kier alpha value is -3.41. The molecule has 9 heteroatoms. The molecule has 2 N–H and O–H groups in total. The molecule has 2 aliphatic rings. The number of rotatable bonds is 1. The van der Waals surface area contributed by atoms with Crippen LogP contribution in [0.25, 0.3) is 0 Å². The normalized spacial score (nSPS) is 20.3. The number of aromatic hydroxyl groups is 1. The zero-order valence-electron chi connectivity index (χ0n) is 15.0. The molecule has 6 nitrogen and oxygen atoms in total. The molecule has 2 aliphatic heterocycles. The summed E-state index contributed by atoms with van der Waals surface area (Å²) >= 11 is 0. The quantitative estimate of drug-likeness (QED) is 0.757. The van der Waals surface area contributed by atoms with Crippen molar-refractivity contribution in [3.05, 3.63) is 47.5 Å². The first-order valence-corrected chi connectivity index (χ1v) is 8.98. The maximum atomic E-state index is 12.9. The number of carbonyl (C=O) groups excluding carboxylic acids is 1. The van der Waals surface area contributed by atoms with Crippen molar-refractivity contribution in [2.75, 3.05) is 11.4 Å². The summed E-state index contributed by atoms with van der Waals surface area (Å²) in [5, 5.41) is 21.7. The number of para-hydroxylation sites is 1. The highest BCUT2D eigenvalue weighted by molar-refractivity contribution is 5.82. The molecular weight excluding hydrogens is 387 g/mol. The van der Waals surface area contributed by atoms with Gasteiger partial charge in [0.25, 0.3) is 0 Å². The SMILES string of the molecule is N#Cc1cc(O)cc2c1N1CCC[C@H](NC(=O)C(F)(F)F)C1c1ccccc1O2. The fraction of sp³-hybridized carbons (Fsp3) is 0.300. The fourth-order valence-corrected chi connectivity index (χ4v) is 4.02. The number of hydrogen-bond donors (Lipinski definition) is 2. The Bertz CT molecular complexity index is 1020. The van der Waals surface area contributed by atoms with Crippen LogP contribution in [0.15, 0.2) is 36.4 Å². The van der Waals surface area contributed by atoms with Gasteiger partial charge in [0, 0.05) is 24.2 Å². The average Bonchev–Trinajstić information content (AvgIpc) is 2.81. The van der Waals surface area contributed by atoms with Crippen LogP contribution in [0.5, 0.6) is 17.2 Å². The number of alkyl halides is 3. The van der Waals surface area contributed by atoms with Crippen molar-refractivity contribution in [1.82, 2.24) is 5.32 Å². The van der Waals surface area contributed by atoms with Crippen LogP contribution < -0.4 is 15.0 Å². The first-order valence-electron chi connectivity index (χ1n) is 8.98. The second-order valence-corrected chi connectivity index (χ2v) is 6.95. The van der Waals surface area contributed by atoms with E-state index in [1.54, 1.807) is 29.2 Å². The van der Waals surface area contributed by atoms with Crippen molar-refractivity contribution in [3.63, 3.8) is 0 Å². The van der Waals surface area contributed by atoms with Crippen molar-refractivity contribution < 1.29 is 27.8 Å². The van der Waals surface area contributed by atoms with Gasteiger partial charge >= 0.3 is 12.1 Å². The Morgan fingerprint density at radius 3 is 2.76 bits per heavy atom. The minimum absolute atomic E-state index is 0.139. The third-order valence-electron chi connectivity index (χ3n) is 5.13. The maximum absolute atomic E-state index is 12.9. The number of nitriles is 1. The number of ether oxygens (including phenoxy) is 1. The third kappa shape index (κ3) is 3.31. The molecule has 4 rings (SSSR count). The maximum Gasteiger partial charge on any atom is 0.471 e. The lowest BCUT2D eigenvalue weighted by molar-refractivity contribution is -0.174. The van der Waals surface area contributed by atoms with Crippen LogP contribution >= 0.6 is 0 Å². The molecule has 1 unspecified atom stereocenters. The van der Waals surface area contributed by atoms with Crippen molar-refractivity contribution >= 4 is 11.6 Å². The molecule has 2 heterocycles. The van der Waals surface area contributed by atoms with E-state index in [1.165, 1.54) is 12.1 Å². The zero-order valence-corrected chi connectivity index (χ0v) is 15.0. The molecule has 0 bridgehead atoms. The molecule has 1 fully saturated rings. The number of nitrogens with zero attached hydrogens (tertiary/aromatic N) is 2. The minimum atomic E-state index is -5.00. The van der Waals surface area contributed by atoms with Gasteiger partial charge in [-0.2, -0.15) is 18.4 Å². The van der Waals surface area contributed by atoms with Crippen LogP contribution in [0.3, 0.4) is 0 Å². The van der Waals surface area contributed by atoms with Crippen LogP contribution in [-0.2, 0) is 4.79 Å². The van der Waals surface area contributed by atoms with Crippen LogP contribution in [0.2, 0.25) is 0 Å². The van der Waals surface area contributed by atoms with Crippen LogP contribution in [0, 0.1) is 11.3 Å². The number of amides is 1. The predicted molar refractivity (Wildman–Crippen MR) is 96.6 cm³/mol. The van der Waals surface area contributed by atoms with E-state index in [0.29, 0.717) is 36.4 Å². The monoisotopic (exact) mass is 403 g/mol. The number of nitrogens with one attached hydrogen (secondary N) is 1. The molecule has 2 aromatic rings. The Balaban J connectivity index is 1.87. The van der Waals surface area contributed by atoms with Gasteiger partial charge in [0.15, 0.2) is 5.75 Å². The molecule has 0 saturated carbocycles. The summed E-state index contributed by atoms with van der Waals surface area (Å²) in [5.74, 6) is -1.53. The highest BCUT2D eigenvalue weighted by Gasteiger charge is 2.44. The number of halogens is 3. The lowest BCUT2D eigenvalue weighted by Gasteiger charge is -2.42. The second-order valence-electron chi connectivity index (χ2n) is 6.95. The van der Waals surface area contributed by atoms with Crippen LogP contribution in [-0.4, -0.2) is 29.8 Å². The number of fused-ring (bicyclic) bond motifs is 5. The van der Waals surface area contributed by atoms with E-state index >= 15 is 0 Å². The largest absolute Gasteiger partial charge is 0.508 e. The fourth-order valence-electron chi connectivity index (χ4n) is 4.02. The Labute approximate surface area is 164 Å². The van der Waals surface area contributed by atoms with E-state index in [-0.39, 0.29) is 17.1 Å². The summed E-state index contributed by atoms with van der Waals surface area (Å²) in [4.78, 5) is 13.4. The molecule has 0 radical (unpaired) electrons. The molecule has 0 spiro atoms. The highest BCUT2D eigenvalue weighted by Crippen LogP contribution is 2.50. The molecular formula is C20H16F3N3O3. The lowest BCUT2D eigenvalue weighted by Crippen LogP contribution is -2.52. The first-order chi connectivity index (χ1) is 13.8. The van der Waals surface area contributed by atoms with Gasteiger partial charge in [-0.1, -0.05) is 18.2 Å². The second kappa shape index (κ2) is 6.88. The topological polar surface area (TPSA) is 85.6 Å². The highest BCUT2D eigenvalue weighted by atomic mass is 19.4. The first kappa shape index (κ1) is 18.9. The summed E-state index contributed by atoms with van der Waals surface area (Å²) in [7, 11) is 0. The summed E-state index contributed by atoms with van der Waals surface area (Å²) in [6.07, 6.45) is -4.15. The summed E-state index contributed by atoms with van der Waals surface area (Å²) < 4.78 is 44.6. The van der Waals surface area contributed by atoms with E-state index in [2.05, 4.69) is 5.32 Å². The Kier molecular flexibility index (Phi) is 4.49. The molecule has 0 aliphatic carbocycles. The summed E-state index contributed by atoms with van der Waals surface area (Å²) in [6, 6.07) is 10.0. The van der Waals surface area contributed by atoms with E-state index in [0.717, 1.165) is 0 Å². The molecule has 1 amide bonds. The summed E-state index contributed by atoms with van der Waals surface area (Å²) in [6.45, 7) is 0.452. The van der Waals surface area contributed by atoms with Crippen molar-refractivity contribution in [2.45, 2.75) is 31.1 Å². The number of benzene rings is 2. The van der Waals surface area contributed by atoms with Gasteiger partial charge < -0.3 is 20.1 Å². The Morgan fingerprint density at radius 1 is 1.28 bits per heavy atom. The van der Waals surface area contributed by atoms with E-state index in [1.807, 2.05) is 6.07 Å². The predicted octanol–water partition coefficient (Wildman–Crippen LogP) is 3.76. The van der Waals surface area contributed by atoms with Crippen molar-refractivity contribution in [3.8, 4) is 23.3 Å². The van der Waals surface area contributed by atoms with Gasteiger partial charge in [0.05, 0.1) is 23.3 Å². The number of hydrogen-bond acceptors (Lipinski definition) is 5. The van der Waals surface area contributed by atoms with Gasteiger partial charge in [-0.3, -0.25) is 4.79 Å². The van der Waals surface area contributed by atoms with Crippen molar-refractivity contribution in [2.24, 2.45) is 0 Å². The minimum Gasteiger partial charge on any atom is -0.508 e. The van der Waals surface area contributed by atoms with Gasteiger partial charge in [-0.15, -0.1) is 0 Å². The number of piperidine rings is 1. The average molecular weight is 403 g/mol. The van der Waals surface area contributed by atoms with Gasteiger partial charge in [0.2, 0.25) is 0 Å². The van der Waals surface area contributed by atoms with Crippen molar-refractivity contribution in [1.29, 1.82) is 5.26 Å². The number of phenols is 1. The van der Waals surface area contributed by atoms with E-state index < -0.39 is 24.2 Å². The number of anilines is 1. The number of carbonyl (C=O) groups is 1. The summed E-state index contributed by atoms with van der Waals surface area (Å²) in [5.41, 5.74) is 1.12. The Morgan fingerprint density at radius 2 is 2.03 bits per heavy atom. The zero-order chi connectivity index (χ0) is 20.8. The molecule has 29 heavy (non-hydrogen) atoms.